The first-order valence-electron chi connectivity index (χ1n) is 10.8. The first-order chi connectivity index (χ1) is 13.2. The monoisotopic (exact) mass is 376 g/mol. The Labute approximate surface area is 163 Å². The Morgan fingerprint density at radius 3 is 2.11 bits per heavy atom. The third-order valence-corrected chi connectivity index (χ3v) is 6.80. The molecule has 3 rings (SSSR count). The Bertz CT molecular complexity index is 596. The molecule has 3 heteroatoms. The van der Waals surface area contributed by atoms with Crippen molar-refractivity contribution in [3.8, 4) is 5.75 Å². The summed E-state index contributed by atoms with van der Waals surface area (Å²) in [6.07, 6.45) is 17.8. The second-order valence-corrected chi connectivity index (χ2v) is 8.59. The van der Waals surface area contributed by atoms with E-state index in [1.165, 1.54) is 70.3 Å². The SMILES string of the molecule is C/C=C/CCC1CCC(C2CCC(COc3ccc(F)c(F)c3)CC2)CC1. The van der Waals surface area contributed by atoms with Gasteiger partial charge in [0.1, 0.15) is 5.75 Å². The van der Waals surface area contributed by atoms with Crippen molar-refractivity contribution in [3.63, 3.8) is 0 Å². The van der Waals surface area contributed by atoms with E-state index in [-0.39, 0.29) is 0 Å². The van der Waals surface area contributed by atoms with Crippen molar-refractivity contribution >= 4 is 0 Å². The molecule has 150 valence electrons. The molecule has 1 aromatic carbocycles. The summed E-state index contributed by atoms with van der Waals surface area (Å²) in [5, 5.41) is 0. The molecule has 0 bridgehead atoms. The maximum atomic E-state index is 13.3. The Hall–Kier alpha value is -1.38. The van der Waals surface area contributed by atoms with Crippen LogP contribution < -0.4 is 4.74 Å². The van der Waals surface area contributed by atoms with Gasteiger partial charge >= 0.3 is 0 Å². The first-order valence-corrected chi connectivity index (χ1v) is 10.8. The van der Waals surface area contributed by atoms with Crippen LogP contribution in [0.1, 0.15) is 71.1 Å². The lowest BCUT2D eigenvalue weighted by molar-refractivity contribution is 0.122. The molecule has 0 unspecified atom stereocenters. The smallest absolute Gasteiger partial charge is 0.162 e. The third kappa shape index (κ3) is 6.05. The molecular formula is C24H34F2O. The molecule has 0 aromatic heterocycles. The topological polar surface area (TPSA) is 9.23 Å². The van der Waals surface area contributed by atoms with Gasteiger partial charge in [0.2, 0.25) is 0 Å². The highest BCUT2D eigenvalue weighted by molar-refractivity contribution is 5.23. The van der Waals surface area contributed by atoms with Crippen molar-refractivity contribution in [3.05, 3.63) is 42.0 Å². The van der Waals surface area contributed by atoms with Gasteiger partial charge in [-0.05, 0) is 94.1 Å². The normalized spacial score (nSPS) is 29.1. The maximum Gasteiger partial charge on any atom is 0.162 e. The van der Waals surface area contributed by atoms with E-state index in [1.54, 1.807) is 0 Å². The summed E-state index contributed by atoms with van der Waals surface area (Å²) in [6.45, 7) is 2.73. The van der Waals surface area contributed by atoms with E-state index < -0.39 is 11.6 Å². The Balaban J connectivity index is 1.35. The molecule has 1 nitrogen and oxygen atoms in total. The third-order valence-electron chi connectivity index (χ3n) is 6.80. The van der Waals surface area contributed by atoms with E-state index in [4.69, 9.17) is 4.74 Å². The number of rotatable bonds is 7. The number of ether oxygens (including phenoxy) is 1. The molecule has 0 saturated heterocycles. The first kappa shape index (κ1) is 20.4. The van der Waals surface area contributed by atoms with Crippen molar-refractivity contribution in [2.24, 2.45) is 23.7 Å². The lowest BCUT2D eigenvalue weighted by Crippen LogP contribution is -2.27. The summed E-state index contributed by atoms with van der Waals surface area (Å²) >= 11 is 0. The standard InChI is InChI=1S/C24H34F2O/c1-2-3-4-5-18-6-10-20(11-7-18)21-12-8-19(9-13-21)17-27-22-14-15-23(25)24(26)16-22/h2-3,14-16,18-21H,4-13,17H2,1H3/b3-2+. The number of hydrogen-bond acceptors (Lipinski definition) is 1. The highest BCUT2D eigenvalue weighted by Gasteiger charge is 2.30. The lowest BCUT2D eigenvalue weighted by Gasteiger charge is -2.37. The van der Waals surface area contributed by atoms with Crippen LogP contribution in [0.25, 0.3) is 0 Å². The van der Waals surface area contributed by atoms with Crippen molar-refractivity contribution in [2.45, 2.75) is 71.1 Å². The quantitative estimate of drug-likeness (QED) is 0.453. The molecule has 2 fully saturated rings. The lowest BCUT2D eigenvalue weighted by atomic mass is 9.69. The molecule has 0 aliphatic heterocycles. The van der Waals surface area contributed by atoms with Crippen LogP contribution in [0.2, 0.25) is 0 Å². The van der Waals surface area contributed by atoms with Crippen molar-refractivity contribution in [1.29, 1.82) is 0 Å². The summed E-state index contributed by atoms with van der Waals surface area (Å²) in [5.74, 6) is 2.09. The Morgan fingerprint density at radius 2 is 1.52 bits per heavy atom. The van der Waals surface area contributed by atoms with Gasteiger partial charge in [0.25, 0.3) is 0 Å². The van der Waals surface area contributed by atoms with Crippen LogP contribution in [-0.2, 0) is 0 Å². The highest BCUT2D eigenvalue weighted by Crippen LogP contribution is 2.42. The molecule has 0 spiro atoms. The summed E-state index contributed by atoms with van der Waals surface area (Å²) in [6, 6.07) is 3.80. The summed E-state index contributed by atoms with van der Waals surface area (Å²) in [4.78, 5) is 0. The second kappa shape index (κ2) is 10.2. The van der Waals surface area contributed by atoms with E-state index in [0.29, 0.717) is 18.3 Å². The highest BCUT2D eigenvalue weighted by atomic mass is 19.2. The van der Waals surface area contributed by atoms with Gasteiger partial charge in [0, 0.05) is 6.07 Å². The molecule has 0 heterocycles. The number of halogens is 2. The molecule has 2 aliphatic carbocycles. The zero-order valence-corrected chi connectivity index (χ0v) is 16.6. The Kier molecular flexibility index (Phi) is 7.72. The predicted molar refractivity (Wildman–Crippen MR) is 107 cm³/mol. The average Bonchev–Trinajstić information content (AvgIpc) is 2.70. The van der Waals surface area contributed by atoms with E-state index in [0.717, 1.165) is 29.9 Å². The zero-order valence-electron chi connectivity index (χ0n) is 16.6. The van der Waals surface area contributed by atoms with Crippen molar-refractivity contribution < 1.29 is 13.5 Å². The molecule has 2 aliphatic rings. The van der Waals surface area contributed by atoms with Gasteiger partial charge in [-0.3, -0.25) is 0 Å². The van der Waals surface area contributed by atoms with Gasteiger partial charge in [-0.15, -0.1) is 0 Å². The Morgan fingerprint density at radius 1 is 0.889 bits per heavy atom. The van der Waals surface area contributed by atoms with Gasteiger partial charge < -0.3 is 4.74 Å². The zero-order chi connectivity index (χ0) is 19.1. The number of allylic oxidation sites excluding steroid dienone is 2. The maximum absolute atomic E-state index is 13.3. The molecule has 2 saturated carbocycles. The minimum absolute atomic E-state index is 0.437. The van der Waals surface area contributed by atoms with Crippen LogP contribution >= 0.6 is 0 Å². The largest absolute Gasteiger partial charge is 0.493 e. The molecular weight excluding hydrogens is 342 g/mol. The van der Waals surface area contributed by atoms with E-state index in [2.05, 4.69) is 19.1 Å². The summed E-state index contributed by atoms with van der Waals surface area (Å²) in [7, 11) is 0. The van der Waals surface area contributed by atoms with Gasteiger partial charge in [-0.1, -0.05) is 25.0 Å². The molecule has 0 amide bonds. The van der Waals surface area contributed by atoms with Crippen molar-refractivity contribution in [1.82, 2.24) is 0 Å². The van der Waals surface area contributed by atoms with Crippen LogP contribution in [0.5, 0.6) is 5.75 Å². The van der Waals surface area contributed by atoms with E-state index in [1.807, 2.05) is 0 Å². The van der Waals surface area contributed by atoms with Gasteiger partial charge in [0.05, 0.1) is 6.61 Å². The fourth-order valence-corrected chi connectivity index (χ4v) is 5.05. The minimum atomic E-state index is -0.836. The van der Waals surface area contributed by atoms with Crippen LogP contribution in [0.3, 0.4) is 0 Å². The van der Waals surface area contributed by atoms with E-state index >= 15 is 0 Å². The van der Waals surface area contributed by atoms with Gasteiger partial charge in [-0.25, -0.2) is 8.78 Å². The van der Waals surface area contributed by atoms with Crippen LogP contribution in [0.4, 0.5) is 8.78 Å². The van der Waals surface area contributed by atoms with Crippen LogP contribution in [0.15, 0.2) is 30.4 Å². The van der Waals surface area contributed by atoms with Crippen molar-refractivity contribution in [2.75, 3.05) is 6.61 Å². The number of hydrogen-bond donors (Lipinski definition) is 0. The molecule has 0 atom stereocenters. The molecule has 27 heavy (non-hydrogen) atoms. The minimum Gasteiger partial charge on any atom is -0.493 e. The van der Waals surface area contributed by atoms with Crippen LogP contribution in [0, 0.1) is 35.3 Å². The summed E-state index contributed by atoms with van der Waals surface area (Å²) < 4.78 is 32.0. The van der Waals surface area contributed by atoms with Gasteiger partial charge in [-0.2, -0.15) is 0 Å². The average molecular weight is 377 g/mol. The molecule has 0 radical (unpaired) electrons. The second-order valence-electron chi connectivity index (χ2n) is 8.59. The number of benzene rings is 1. The van der Waals surface area contributed by atoms with E-state index in [9.17, 15) is 8.78 Å². The van der Waals surface area contributed by atoms with Crippen LogP contribution in [-0.4, -0.2) is 6.61 Å². The predicted octanol–water partition coefficient (Wildman–Crippen LogP) is 7.31. The van der Waals surface area contributed by atoms with Gasteiger partial charge in [0.15, 0.2) is 11.6 Å². The fourth-order valence-electron chi connectivity index (χ4n) is 5.05. The fraction of sp³-hybridized carbons (Fsp3) is 0.667. The molecule has 0 N–H and O–H groups in total. The summed E-state index contributed by atoms with van der Waals surface area (Å²) in [5.41, 5.74) is 0. The molecule has 1 aromatic rings.